The van der Waals surface area contributed by atoms with Gasteiger partial charge in [0.25, 0.3) is 5.91 Å². The Morgan fingerprint density at radius 1 is 1.32 bits per heavy atom. The molecule has 1 aromatic heterocycles. The number of thiazole rings is 1. The van der Waals surface area contributed by atoms with Gasteiger partial charge in [0, 0.05) is 17.5 Å². The lowest BCUT2D eigenvalue weighted by Crippen LogP contribution is -2.05. The van der Waals surface area contributed by atoms with Crippen molar-refractivity contribution in [2.24, 2.45) is 0 Å². The van der Waals surface area contributed by atoms with Gasteiger partial charge < -0.3 is 15.7 Å². The maximum absolute atomic E-state index is 12.3. The smallest absolute Gasteiger partial charge is 0.335 e. The fraction of sp³-hybridized carbons (Fsp3) is 0.0556. The first-order chi connectivity index (χ1) is 12.0. The minimum atomic E-state index is -0.959. The molecule has 1 aliphatic rings. The number of rotatable bonds is 3. The number of carboxylic acid groups (broad SMARTS) is 1. The van der Waals surface area contributed by atoms with Gasteiger partial charge in [-0.25, -0.2) is 9.78 Å². The molecule has 4 rings (SSSR count). The monoisotopic (exact) mass is 351 g/mol. The molecule has 0 saturated heterocycles. The second kappa shape index (κ2) is 5.71. The molecule has 6 nitrogen and oxygen atoms in total. The number of carbonyl (C=O) groups excluding carboxylic acids is 1. The Morgan fingerprint density at radius 3 is 2.92 bits per heavy atom. The second-order valence-corrected chi connectivity index (χ2v) is 6.53. The van der Waals surface area contributed by atoms with Crippen molar-refractivity contribution in [3.05, 3.63) is 58.7 Å². The van der Waals surface area contributed by atoms with Gasteiger partial charge in [-0.05, 0) is 42.8 Å². The Hall–Kier alpha value is -3.19. The summed E-state index contributed by atoms with van der Waals surface area (Å²) in [5, 5.41) is 15.0. The molecule has 0 saturated carbocycles. The molecule has 0 atom stereocenters. The molecule has 2 aromatic carbocycles. The Morgan fingerprint density at radius 2 is 2.16 bits per heavy atom. The van der Waals surface area contributed by atoms with Crippen molar-refractivity contribution in [3.8, 4) is 0 Å². The first-order valence-corrected chi connectivity index (χ1v) is 8.41. The van der Waals surface area contributed by atoms with E-state index in [2.05, 4.69) is 15.6 Å². The van der Waals surface area contributed by atoms with Crippen LogP contribution in [0.1, 0.15) is 21.5 Å². The highest BCUT2D eigenvalue weighted by atomic mass is 32.1. The van der Waals surface area contributed by atoms with Crippen LogP contribution in [-0.2, 0) is 4.79 Å². The Bertz CT molecular complexity index is 1070. The number of anilines is 2. The number of aryl methyl sites for hydroxylation is 1. The molecule has 1 amide bonds. The average Bonchev–Trinajstić information content (AvgIpc) is 3.15. The highest BCUT2D eigenvalue weighted by Gasteiger charge is 2.27. The van der Waals surface area contributed by atoms with Crippen molar-refractivity contribution < 1.29 is 14.7 Å². The summed E-state index contributed by atoms with van der Waals surface area (Å²) >= 11 is 1.49. The third-order valence-corrected chi connectivity index (χ3v) is 4.96. The topological polar surface area (TPSA) is 91.3 Å². The largest absolute Gasteiger partial charge is 0.478 e. The van der Waals surface area contributed by atoms with Gasteiger partial charge in [0.15, 0.2) is 0 Å². The third kappa shape index (κ3) is 2.54. The molecule has 7 heteroatoms. The zero-order valence-electron chi connectivity index (χ0n) is 13.2. The van der Waals surface area contributed by atoms with E-state index in [1.165, 1.54) is 11.3 Å². The normalized spacial score (nSPS) is 14.6. The summed E-state index contributed by atoms with van der Waals surface area (Å²) in [6, 6.07) is 8.69. The summed E-state index contributed by atoms with van der Waals surface area (Å²) in [6.07, 6.45) is 1.65. The molecule has 2 heterocycles. The number of aromatic carboxylic acids is 1. The fourth-order valence-electron chi connectivity index (χ4n) is 2.89. The number of amides is 1. The molecular weight excluding hydrogens is 338 g/mol. The summed E-state index contributed by atoms with van der Waals surface area (Å²) in [6.45, 7) is 1.74. The molecule has 0 spiro atoms. The third-order valence-electron chi connectivity index (χ3n) is 4.10. The average molecular weight is 351 g/mol. The zero-order chi connectivity index (χ0) is 17.6. The van der Waals surface area contributed by atoms with Crippen molar-refractivity contribution >= 4 is 50.4 Å². The lowest BCUT2D eigenvalue weighted by molar-refractivity contribution is -0.110. The minimum Gasteiger partial charge on any atom is -0.478 e. The maximum Gasteiger partial charge on any atom is 0.335 e. The van der Waals surface area contributed by atoms with Crippen LogP contribution < -0.4 is 10.6 Å². The van der Waals surface area contributed by atoms with Gasteiger partial charge in [0.05, 0.1) is 32.6 Å². The second-order valence-electron chi connectivity index (χ2n) is 5.68. The summed E-state index contributed by atoms with van der Waals surface area (Å²) < 4.78 is 0.960. The maximum atomic E-state index is 12.3. The van der Waals surface area contributed by atoms with E-state index in [9.17, 15) is 9.59 Å². The summed E-state index contributed by atoms with van der Waals surface area (Å²) in [5.74, 6) is -1.14. The molecule has 3 N–H and O–H groups in total. The Kier molecular flexibility index (Phi) is 3.51. The Balaban J connectivity index is 1.71. The van der Waals surface area contributed by atoms with Crippen LogP contribution in [0.5, 0.6) is 0 Å². The highest BCUT2D eigenvalue weighted by Crippen LogP contribution is 2.39. The lowest BCUT2D eigenvalue weighted by Gasteiger charge is -2.06. The van der Waals surface area contributed by atoms with Crippen LogP contribution >= 0.6 is 11.3 Å². The van der Waals surface area contributed by atoms with Gasteiger partial charge in [-0.3, -0.25) is 4.79 Å². The lowest BCUT2D eigenvalue weighted by atomic mass is 10.1. The van der Waals surface area contributed by atoms with Crippen molar-refractivity contribution in [1.29, 1.82) is 0 Å². The molecule has 0 radical (unpaired) electrons. The van der Waals surface area contributed by atoms with Crippen LogP contribution in [0.25, 0.3) is 15.8 Å². The number of nitrogens with one attached hydrogen (secondary N) is 2. The molecule has 1 aliphatic heterocycles. The van der Waals surface area contributed by atoms with Crippen LogP contribution in [0, 0.1) is 6.92 Å². The summed E-state index contributed by atoms with van der Waals surface area (Å²) in [5.41, 5.74) is 6.38. The number of fused-ring (bicyclic) bond motifs is 3. The number of hydrogen-bond donors (Lipinski definition) is 3. The molecule has 0 unspecified atom stereocenters. The molecule has 0 bridgehead atoms. The molecule has 25 heavy (non-hydrogen) atoms. The quantitative estimate of drug-likeness (QED) is 0.626. The van der Waals surface area contributed by atoms with Crippen LogP contribution in [0.4, 0.5) is 11.4 Å². The van der Waals surface area contributed by atoms with E-state index < -0.39 is 5.97 Å². The Labute approximate surface area is 146 Å². The van der Waals surface area contributed by atoms with Crippen LogP contribution in [0.3, 0.4) is 0 Å². The summed E-state index contributed by atoms with van der Waals surface area (Å²) in [4.78, 5) is 27.7. The first-order valence-electron chi connectivity index (χ1n) is 7.53. The molecule has 124 valence electrons. The van der Waals surface area contributed by atoms with E-state index in [1.807, 2.05) is 12.1 Å². The van der Waals surface area contributed by atoms with Crippen LogP contribution in [0.2, 0.25) is 0 Å². The van der Waals surface area contributed by atoms with Gasteiger partial charge in [0.1, 0.15) is 0 Å². The fourth-order valence-corrected chi connectivity index (χ4v) is 3.74. The molecular formula is C18H13N3O3S. The number of hydrogen-bond acceptors (Lipinski definition) is 5. The summed E-state index contributed by atoms with van der Waals surface area (Å²) in [7, 11) is 0. The first kappa shape index (κ1) is 15.3. The minimum absolute atomic E-state index is 0.178. The van der Waals surface area contributed by atoms with Gasteiger partial charge >= 0.3 is 5.97 Å². The van der Waals surface area contributed by atoms with E-state index in [1.54, 1.807) is 36.8 Å². The van der Waals surface area contributed by atoms with Crippen LogP contribution in [0.15, 0.2) is 42.0 Å². The number of carboxylic acids is 1. The SMILES string of the molecule is Cc1cc(NC=C2C(=O)Nc3ccc4ncsc4c32)ccc1C(=O)O. The van der Waals surface area contributed by atoms with E-state index >= 15 is 0 Å². The predicted molar refractivity (Wildman–Crippen MR) is 98.0 cm³/mol. The molecule has 3 aromatic rings. The van der Waals surface area contributed by atoms with Crippen molar-refractivity contribution in [2.75, 3.05) is 10.6 Å². The molecule has 0 aliphatic carbocycles. The number of benzene rings is 2. The van der Waals surface area contributed by atoms with Gasteiger partial charge in [-0.15, -0.1) is 11.3 Å². The van der Waals surface area contributed by atoms with Gasteiger partial charge in [0.2, 0.25) is 0 Å². The van der Waals surface area contributed by atoms with E-state index in [-0.39, 0.29) is 11.5 Å². The van der Waals surface area contributed by atoms with E-state index in [0.29, 0.717) is 16.8 Å². The van der Waals surface area contributed by atoms with E-state index in [4.69, 9.17) is 5.11 Å². The van der Waals surface area contributed by atoms with Crippen molar-refractivity contribution in [3.63, 3.8) is 0 Å². The van der Waals surface area contributed by atoms with Crippen molar-refractivity contribution in [2.45, 2.75) is 6.92 Å². The number of carbonyl (C=O) groups is 2. The zero-order valence-corrected chi connectivity index (χ0v) is 14.0. The van der Waals surface area contributed by atoms with Gasteiger partial charge in [-0.1, -0.05) is 0 Å². The number of aromatic nitrogens is 1. The standard InChI is InChI=1S/C18H13N3O3S/c1-9-6-10(2-3-11(9)18(23)24)19-7-12-15-13(21-17(12)22)4-5-14-16(15)25-8-20-14/h2-8,19H,1H3,(H,21,22)(H,23,24). The highest BCUT2D eigenvalue weighted by molar-refractivity contribution is 7.17. The predicted octanol–water partition coefficient (Wildman–Crippen LogP) is 3.71. The van der Waals surface area contributed by atoms with Crippen LogP contribution in [-0.4, -0.2) is 22.0 Å². The van der Waals surface area contributed by atoms with Gasteiger partial charge in [-0.2, -0.15) is 0 Å². The van der Waals surface area contributed by atoms with Crippen molar-refractivity contribution in [1.82, 2.24) is 4.98 Å². The molecule has 0 fully saturated rings. The van der Waals surface area contributed by atoms with E-state index in [0.717, 1.165) is 21.5 Å². The number of nitrogens with zero attached hydrogens (tertiary/aromatic N) is 1.